The molecule has 416 valence electrons. The van der Waals surface area contributed by atoms with Gasteiger partial charge in [-0.1, -0.05) is 186 Å². The van der Waals surface area contributed by atoms with Crippen LogP contribution in [-0.4, -0.2) is 6.71 Å². The molecule has 6 heteroatoms. The number of para-hydroxylation sites is 2. The van der Waals surface area contributed by atoms with Crippen molar-refractivity contribution in [2.24, 2.45) is 0 Å². The van der Waals surface area contributed by atoms with E-state index in [1.54, 1.807) is 0 Å². The van der Waals surface area contributed by atoms with Crippen molar-refractivity contribution >= 4 is 118 Å². The largest absolute Gasteiger partial charge is 0.456 e. The number of aryl methyl sites for hydroxylation is 2. The maximum absolute atomic E-state index is 6.70. The number of fused-ring (bicyclic) bond motifs is 10. The third-order valence-corrected chi connectivity index (χ3v) is 18.1. The highest BCUT2D eigenvalue weighted by molar-refractivity contribution is 7.00. The number of hydrogen-bond acceptors (Lipinski definition) is 5. The molecule has 84 heavy (non-hydrogen) atoms. The molecule has 0 spiro atoms. The first-order valence-corrected chi connectivity index (χ1v) is 30.0. The first kappa shape index (κ1) is 53.3. The highest BCUT2D eigenvalue weighted by Gasteiger charge is 2.45. The van der Waals surface area contributed by atoms with Crippen molar-refractivity contribution in [3.05, 3.63) is 228 Å². The summed E-state index contributed by atoms with van der Waals surface area (Å²) in [6, 6.07) is 73.1. The summed E-state index contributed by atoms with van der Waals surface area (Å²) >= 11 is 0. The van der Waals surface area contributed by atoms with Crippen LogP contribution in [0, 0.1) is 13.8 Å². The summed E-state index contributed by atoms with van der Waals surface area (Å²) < 4.78 is 13.1. The summed E-state index contributed by atoms with van der Waals surface area (Å²) in [6.45, 7) is 32.4. The van der Waals surface area contributed by atoms with E-state index in [-0.39, 0.29) is 28.4 Å². The van der Waals surface area contributed by atoms with Crippen LogP contribution in [-0.2, 0) is 21.7 Å². The van der Waals surface area contributed by atoms with Crippen molar-refractivity contribution in [3.8, 4) is 11.1 Å². The monoisotopic (exact) mass is 1100 g/mol. The minimum Gasteiger partial charge on any atom is -0.456 e. The number of hydrogen-bond donors (Lipinski definition) is 0. The molecule has 10 aromatic carbocycles. The van der Waals surface area contributed by atoms with Crippen LogP contribution in [0.15, 0.2) is 203 Å². The molecule has 0 fully saturated rings. The Hall–Kier alpha value is -8.74. The van der Waals surface area contributed by atoms with E-state index in [1.165, 1.54) is 72.5 Å². The van der Waals surface area contributed by atoms with Gasteiger partial charge in [-0.2, -0.15) is 0 Å². The van der Waals surface area contributed by atoms with Crippen LogP contribution in [0.5, 0.6) is 0 Å². The molecule has 0 amide bonds. The molecule has 0 saturated heterocycles. The van der Waals surface area contributed by atoms with Crippen molar-refractivity contribution in [2.75, 3.05) is 14.7 Å². The molecule has 4 heterocycles. The molecule has 14 rings (SSSR count). The summed E-state index contributed by atoms with van der Waals surface area (Å²) in [5.41, 5.74) is 27.3. The van der Waals surface area contributed by atoms with Crippen LogP contribution >= 0.6 is 0 Å². The summed E-state index contributed by atoms with van der Waals surface area (Å²) in [5.74, 6) is 0. The Kier molecular flexibility index (Phi) is 12.0. The van der Waals surface area contributed by atoms with Crippen molar-refractivity contribution < 1.29 is 8.83 Å². The second-order valence-corrected chi connectivity index (χ2v) is 28.0. The van der Waals surface area contributed by atoms with Crippen LogP contribution in [0.4, 0.5) is 51.2 Å². The summed E-state index contributed by atoms with van der Waals surface area (Å²) in [7, 11) is 0. The van der Waals surface area contributed by atoms with Crippen LogP contribution in [0.25, 0.3) is 55.0 Å². The summed E-state index contributed by atoms with van der Waals surface area (Å²) in [4.78, 5) is 7.65. The van der Waals surface area contributed by atoms with Gasteiger partial charge in [0.15, 0.2) is 0 Å². The van der Waals surface area contributed by atoms with Gasteiger partial charge in [0.1, 0.15) is 22.3 Å². The fourth-order valence-corrected chi connectivity index (χ4v) is 13.5. The van der Waals surface area contributed by atoms with Gasteiger partial charge in [0.2, 0.25) is 0 Å². The molecule has 5 nitrogen and oxygen atoms in total. The number of rotatable bonds is 6. The standard InChI is InChI=1S/C78H74BN3O2/c1-47-40-52(77(9,10)11)41-48(2)74(47)80(54-33-28-50(29-34-54)75(3,4)5)56-36-39-63-65(45-56)81(55-31-26-49(27-32-55)58-22-19-25-70-72(58)61-21-16-18-24-69(61)83-70)66-43-53(78(12,13)14)44-67-73(66)79(63)62-38-30-51(76(6,7)8)42-64(62)82(67)57-35-37-60-59-20-15-17-23-68(59)84-71(60)46-57/h15-46H,1-14H3. The molecule has 0 saturated carbocycles. The lowest BCUT2D eigenvalue weighted by Gasteiger charge is -2.45. The molecule has 2 aromatic heterocycles. The van der Waals surface area contributed by atoms with Gasteiger partial charge in [0, 0.05) is 73.1 Å². The van der Waals surface area contributed by atoms with E-state index in [0.29, 0.717) is 0 Å². The maximum atomic E-state index is 6.70. The summed E-state index contributed by atoms with van der Waals surface area (Å²) in [5, 5.41) is 4.50. The van der Waals surface area contributed by atoms with E-state index in [4.69, 9.17) is 8.83 Å². The Bertz CT molecular complexity index is 4600. The quantitative estimate of drug-likeness (QED) is 0.155. The van der Waals surface area contributed by atoms with E-state index in [9.17, 15) is 0 Å². The van der Waals surface area contributed by atoms with Crippen molar-refractivity contribution in [2.45, 2.75) is 119 Å². The zero-order valence-electron chi connectivity index (χ0n) is 51.2. The highest BCUT2D eigenvalue weighted by atomic mass is 16.3. The van der Waals surface area contributed by atoms with Gasteiger partial charge in [-0.15, -0.1) is 0 Å². The van der Waals surface area contributed by atoms with E-state index in [1.807, 2.05) is 6.07 Å². The average molecular weight is 1100 g/mol. The van der Waals surface area contributed by atoms with Crippen LogP contribution in [0.3, 0.4) is 0 Å². The van der Waals surface area contributed by atoms with Gasteiger partial charge in [-0.25, -0.2) is 0 Å². The minimum atomic E-state index is -0.211. The molecule has 0 atom stereocenters. The van der Waals surface area contributed by atoms with Gasteiger partial charge in [0.25, 0.3) is 6.71 Å². The molecule has 0 aliphatic carbocycles. The number of nitrogens with zero attached hydrogens (tertiary/aromatic N) is 3. The van der Waals surface area contributed by atoms with Crippen LogP contribution < -0.4 is 31.1 Å². The second-order valence-electron chi connectivity index (χ2n) is 28.0. The second kappa shape index (κ2) is 18.9. The molecule has 0 unspecified atom stereocenters. The Morgan fingerprint density at radius 2 is 0.857 bits per heavy atom. The molecule has 0 bridgehead atoms. The van der Waals surface area contributed by atoms with Crippen molar-refractivity contribution in [3.63, 3.8) is 0 Å². The van der Waals surface area contributed by atoms with Crippen molar-refractivity contribution in [1.82, 2.24) is 0 Å². The number of anilines is 9. The first-order valence-electron chi connectivity index (χ1n) is 30.0. The lowest BCUT2D eigenvalue weighted by Crippen LogP contribution is -2.61. The van der Waals surface area contributed by atoms with Gasteiger partial charge in [-0.05, 0) is 181 Å². The number of benzene rings is 10. The van der Waals surface area contributed by atoms with E-state index in [0.717, 1.165) is 83.4 Å². The molecule has 2 aliphatic rings. The zero-order valence-corrected chi connectivity index (χ0v) is 51.2. The van der Waals surface area contributed by atoms with Gasteiger partial charge < -0.3 is 23.5 Å². The van der Waals surface area contributed by atoms with Gasteiger partial charge in [0.05, 0.1) is 5.69 Å². The molecule has 2 aliphatic heterocycles. The third kappa shape index (κ3) is 8.65. The molecular weight excluding hydrogens is 1020 g/mol. The van der Waals surface area contributed by atoms with E-state index >= 15 is 0 Å². The Morgan fingerprint density at radius 1 is 0.369 bits per heavy atom. The molecule has 0 radical (unpaired) electrons. The fraction of sp³-hybridized carbons (Fsp3) is 0.231. The smallest absolute Gasteiger partial charge is 0.252 e. The zero-order chi connectivity index (χ0) is 58.5. The Balaban J connectivity index is 1.05. The predicted molar refractivity (Wildman–Crippen MR) is 359 cm³/mol. The number of furan rings is 2. The van der Waals surface area contributed by atoms with E-state index in [2.05, 4.69) is 300 Å². The van der Waals surface area contributed by atoms with Gasteiger partial charge >= 0.3 is 0 Å². The summed E-state index contributed by atoms with van der Waals surface area (Å²) in [6.07, 6.45) is 0. The lowest BCUT2D eigenvalue weighted by molar-refractivity contribution is 0.589. The first-order chi connectivity index (χ1) is 40.0. The Labute approximate surface area is 496 Å². The Morgan fingerprint density at radius 3 is 1.50 bits per heavy atom. The third-order valence-electron chi connectivity index (χ3n) is 18.1. The molecule has 0 N–H and O–H groups in total. The van der Waals surface area contributed by atoms with Crippen LogP contribution in [0.1, 0.15) is 116 Å². The normalized spacial score (nSPS) is 13.5. The SMILES string of the molecule is Cc1cc(C(C)(C)C)cc(C)c1N(c1ccc(C(C)(C)C)cc1)c1ccc2c(c1)N(c1ccc(-c3cccc4oc5ccccc5c34)cc1)c1cc(C(C)(C)C)cc3c1B2c1ccc(C(C)(C)C)cc1N3c1ccc2c(c1)oc1ccccc12. The molecular formula is C78H74BN3O2. The lowest BCUT2D eigenvalue weighted by atomic mass is 9.33. The average Bonchev–Trinajstić information content (AvgIpc) is 1.00. The highest BCUT2D eigenvalue weighted by Crippen LogP contribution is 2.50. The van der Waals surface area contributed by atoms with Crippen LogP contribution in [0.2, 0.25) is 0 Å². The fourth-order valence-electron chi connectivity index (χ4n) is 13.5. The van der Waals surface area contributed by atoms with E-state index < -0.39 is 0 Å². The predicted octanol–water partition coefficient (Wildman–Crippen LogP) is 20.5. The van der Waals surface area contributed by atoms with Gasteiger partial charge in [-0.3, -0.25) is 0 Å². The maximum Gasteiger partial charge on any atom is 0.252 e. The van der Waals surface area contributed by atoms with Crippen molar-refractivity contribution in [1.29, 1.82) is 0 Å². The minimum absolute atomic E-state index is 0.00207. The topological polar surface area (TPSA) is 36.0 Å². The molecule has 12 aromatic rings.